The van der Waals surface area contributed by atoms with Gasteiger partial charge >= 0.3 is 0 Å². The normalized spacial score (nSPS) is 15.0. The second-order valence-corrected chi connectivity index (χ2v) is 9.26. The summed E-state index contributed by atoms with van der Waals surface area (Å²) in [4.78, 5) is 14.6. The molecule has 7 nitrogen and oxygen atoms in total. The molecule has 2 aromatic carbocycles. The van der Waals surface area contributed by atoms with Gasteiger partial charge in [-0.2, -0.15) is 0 Å². The zero-order valence-corrected chi connectivity index (χ0v) is 17.3. The standard InChI is InChI=1S/C19H18BrN3O4S/c20-13-5-4-6-14(11-13)22-28(25,26)15-7-8-17-16(12-15)18(21-27-17)19(24)23-9-2-1-3-10-23/h4-8,11-12,22H,1-3,9-10H2. The van der Waals surface area contributed by atoms with Crippen LogP contribution in [0.2, 0.25) is 0 Å². The Morgan fingerprint density at radius 1 is 1.11 bits per heavy atom. The number of nitrogens with one attached hydrogen (secondary N) is 1. The number of halogens is 1. The van der Waals surface area contributed by atoms with Gasteiger partial charge < -0.3 is 9.42 Å². The van der Waals surface area contributed by atoms with Crippen molar-refractivity contribution in [1.82, 2.24) is 10.1 Å². The van der Waals surface area contributed by atoms with E-state index < -0.39 is 10.0 Å². The number of hydrogen-bond donors (Lipinski definition) is 1. The molecule has 1 aromatic heterocycles. The minimum absolute atomic E-state index is 0.0378. The zero-order chi connectivity index (χ0) is 19.7. The monoisotopic (exact) mass is 463 g/mol. The summed E-state index contributed by atoms with van der Waals surface area (Å²) in [6, 6.07) is 11.3. The van der Waals surface area contributed by atoms with E-state index in [1.807, 2.05) is 0 Å². The number of aromatic nitrogens is 1. The molecule has 0 radical (unpaired) electrons. The van der Waals surface area contributed by atoms with Crippen molar-refractivity contribution in [2.45, 2.75) is 24.2 Å². The van der Waals surface area contributed by atoms with E-state index in [1.165, 1.54) is 18.2 Å². The molecule has 1 aliphatic heterocycles. The Morgan fingerprint density at radius 2 is 1.89 bits per heavy atom. The second kappa shape index (κ2) is 7.56. The third kappa shape index (κ3) is 3.77. The van der Waals surface area contributed by atoms with E-state index in [4.69, 9.17) is 4.52 Å². The summed E-state index contributed by atoms with van der Waals surface area (Å²) in [6.45, 7) is 1.35. The van der Waals surface area contributed by atoms with Crippen molar-refractivity contribution in [3.63, 3.8) is 0 Å². The van der Waals surface area contributed by atoms with E-state index >= 15 is 0 Å². The largest absolute Gasteiger partial charge is 0.355 e. The van der Waals surface area contributed by atoms with Crippen LogP contribution in [-0.4, -0.2) is 37.5 Å². The third-order valence-electron chi connectivity index (χ3n) is 4.67. The lowest BCUT2D eigenvalue weighted by molar-refractivity contribution is 0.0716. The van der Waals surface area contributed by atoms with Gasteiger partial charge in [-0.05, 0) is 55.7 Å². The fraction of sp³-hybridized carbons (Fsp3) is 0.263. The van der Waals surface area contributed by atoms with Crippen LogP contribution in [0.3, 0.4) is 0 Å². The number of carbonyl (C=O) groups excluding carboxylic acids is 1. The highest BCUT2D eigenvalue weighted by molar-refractivity contribution is 9.10. The molecule has 1 N–H and O–H groups in total. The van der Waals surface area contributed by atoms with Crippen LogP contribution >= 0.6 is 15.9 Å². The number of rotatable bonds is 4. The van der Waals surface area contributed by atoms with Crippen LogP contribution < -0.4 is 4.72 Å². The summed E-state index contributed by atoms with van der Waals surface area (Å²) in [5.74, 6) is -0.229. The van der Waals surface area contributed by atoms with Gasteiger partial charge in [0.15, 0.2) is 11.3 Å². The molecule has 9 heteroatoms. The van der Waals surface area contributed by atoms with E-state index in [1.54, 1.807) is 29.2 Å². The van der Waals surface area contributed by atoms with Crippen LogP contribution in [0.25, 0.3) is 11.0 Å². The molecule has 1 saturated heterocycles. The molecule has 0 unspecified atom stereocenters. The zero-order valence-electron chi connectivity index (χ0n) is 14.9. The quantitative estimate of drug-likeness (QED) is 0.630. The van der Waals surface area contributed by atoms with Gasteiger partial charge in [-0.25, -0.2) is 8.42 Å². The maximum atomic E-state index is 12.8. The van der Waals surface area contributed by atoms with Gasteiger partial charge in [0, 0.05) is 23.2 Å². The molecule has 0 saturated carbocycles. The van der Waals surface area contributed by atoms with Crippen molar-refractivity contribution in [3.05, 3.63) is 52.6 Å². The van der Waals surface area contributed by atoms with Gasteiger partial charge in [-0.1, -0.05) is 27.2 Å². The van der Waals surface area contributed by atoms with Crippen LogP contribution in [0, 0.1) is 0 Å². The molecule has 1 amide bonds. The smallest absolute Gasteiger partial charge is 0.276 e. The fourth-order valence-corrected chi connectivity index (χ4v) is 4.73. The molecular weight excluding hydrogens is 446 g/mol. The molecule has 146 valence electrons. The molecule has 28 heavy (non-hydrogen) atoms. The van der Waals surface area contributed by atoms with Gasteiger partial charge in [-0.15, -0.1) is 0 Å². The average Bonchev–Trinajstić information content (AvgIpc) is 3.11. The molecule has 2 heterocycles. The van der Waals surface area contributed by atoms with E-state index in [-0.39, 0.29) is 16.5 Å². The number of benzene rings is 2. The number of sulfonamides is 1. The van der Waals surface area contributed by atoms with E-state index in [9.17, 15) is 13.2 Å². The summed E-state index contributed by atoms with van der Waals surface area (Å²) in [5.41, 5.74) is 0.961. The lowest BCUT2D eigenvalue weighted by Crippen LogP contribution is -2.35. The topological polar surface area (TPSA) is 92.5 Å². The lowest BCUT2D eigenvalue weighted by Gasteiger charge is -2.25. The maximum Gasteiger partial charge on any atom is 0.276 e. The molecular formula is C19H18BrN3O4S. The minimum atomic E-state index is -3.83. The van der Waals surface area contributed by atoms with E-state index in [0.29, 0.717) is 29.7 Å². The molecule has 4 rings (SSSR count). The highest BCUT2D eigenvalue weighted by Gasteiger charge is 2.25. The molecule has 0 bridgehead atoms. The van der Waals surface area contributed by atoms with E-state index in [0.717, 1.165) is 23.7 Å². The first-order chi connectivity index (χ1) is 13.4. The van der Waals surface area contributed by atoms with Crippen molar-refractivity contribution >= 4 is 48.5 Å². The molecule has 3 aromatic rings. The number of piperidine rings is 1. The summed E-state index contributed by atoms with van der Waals surface area (Å²) >= 11 is 3.32. The van der Waals surface area contributed by atoms with Crippen molar-refractivity contribution in [2.24, 2.45) is 0 Å². The van der Waals surface area contributed by atoms with Crippen LogP contribution in [0.5, 0.6) is 0 Å². The predicted octanol–water partition coefficient (Wildman–Crippen LogP) is 4.02. The molecule has 1 aliphatic rings. The number of anilines is 1. The summed E-state index contributed by atoms with van der Waals surface area (Å²) < 4.78 is 34.1. The van der Waals surface area contributed by atoms with Gasteiger partial charge in [0.1, 0.15) is 0 Å². The fourth-order valence-electron chi connectivity index (χ4n) is 3.25. The second-order valence-electron chi connectivity index (χ2n) is 6.66. The van der Waals surface area contributed by atoms with Crippen molar-refractivity contribution in [2.75, 3.05) is 17.8 Å². The van der Waals surface area contributed by atoms with Gasteiger partial charge in [0.2, 0.25) is 0 Å². The first-order valence-corrected chi connectivity index (χ1v) is 11.2. The Kier molecular flexibility index (Phi) is 5.11. The number of nitrogens with zero attached hydrogens (tertiary/aromatic N) is 2. The number of carbonyl (C=O) groups is 1. The Labute approximate surface area is 170 Å². The highest BCUT2D eigenvalue weighted by Crippen LogP contribution is 2.26. The number of fused-ring (bicyclic) bond motifs is 1. The van der Waals surface area contributed by atoms with Gasteiger partial charge in [-0.3, -0.25) is 9.52 Å². The van der Waals surface area contributed by atoms with Crippen LogP contribution in [0.4, 0.5) is 5.69 Å². The van der Waals surface area contributed by atoms with Gasteiger partial charge in [0.25, 0.3) is 15.9 Å². The summed E-state index contributed by atoms with van der Waals surface area (Å²) in [5, 5.41) is 4.30. The van der Waals surface area contributed by atoms with Crippen LogP contribution in [0.15, 0.2) is 56.4 Å². The first-order valence-electron chi connectivity index (χ1n) is 8.91. The molecule has 1 fully saturated rings. The maximum absolute atomic E-state index is 12.8. The number of hydrogen-bond acceptors (Lipinski definition) is 5. The Bertz CT molecular complexity index is 1140. The Hall–Kier alpha value is -2.39. The van der Waals surface area contributed by atoms with Crippen LogP contribution in [0.1, 0.15) is 29.8 Å². The predicted molar refractivity (Wildman–Crippen MR) is 109 cm³/mol. The van der Waals surface area contributed by atoms with Gasteiger partial charge in [0.05, 0.1) is 10.3 Å². The lowest BCUT2D eigenvalue weighted by atomic mass is 10.1. The number of likely N-dealkylation sites (tertiary alicyclic amines) is 1. The molecule has 0 atom stereocenters. The minimum Gasteiger partial charge on any atom is -0.355 e. The van der Waals surface area contributed by atoms with Crippen molar-refractivity contribution in [3.8, 4) is 0 Å². The third-order valence-corrected chi connectivity index (χ3v) is 6.55. The first kappa shape index (κ1) is 18.9. The molecule has 0 aliphatic carbocycles. The van der Waals surface area contributed by atoms with E-state index in [2.05, 4.69) is 25.8 Å². The van der Waals surface area contributed by atoms with Crippen LogP contribution in [-0.2, 0) is 10.0 Å². The SMILES string of the molecule is O=C(c1noc2ccc(S(=O)(=O)Nc3cccc(Br)c3)cc12)N1CCCCC1. The highest BCUT2D eigenvalue weighted by atomic mass is 79.9. The number of amides is 1. The summed E-state index contributed by atoms with van der Waals surface area (Å²) in [7, 11) is -3.83. The van der Waals surface area contributed by atoms with Crippen molar-refractivity contribution < 1.29 is 17.7 Å². The summed E-state index contributed by atoms with van der Waals surface area (Å²) in [6.07, 6.45) is 3.02. The Balaban J connectivity index is 1.67. The Morgan fingerprint density at radius 3 is 2.64 bits per heavy atom. The van der Waals surface area contributed by atoms with Crippen molar-refractivity contribution in [1.29, 1.82) is 0 Å². The molecule has 0 spiro atoms. The average molecular weight is 464 g/mol.